The molecule has 4 heterocycles. The molecule has 3 aromatic heterocycles. The van der Waals surface area contributed by atoms with Gasteiger partial charge in [0.1, 0.15) is 11.8 Å². The number of anilines is 1. The molecule has 0 unspecified atom stereocenters. The third kappa shape index (κ3) is 1.59. The molecule has 1 fully saturated rings. The normalized spacial score (nSPS) is 15.6. The summed E-state index contributed by atoms with van der Waals surface area (Å²) in [6, 6.07) is 2.06. The maximum absolute atomic E-state index is 5.98. The monoisotopic (exact) mass is 268 g/mol. The molecule has 3 aromatic rings. The molecule has 5 nitrogen and oxygen atoms in total. The molecule has 0 aliphatic carbocycles. The van der Waals surface area contributed by atoms with Crippen molar-refractivity contribution in [3.05, 3.63) is 23.7 Å². The van der Waals surface area contributed by atoms with Crippen molar-refractivity contribution in [1.82, 2.24) is 15.0 Å². The van der Waals surface area contributed by atoms with Crippen molar-refractivity contribution in [3.8, 4) is 0 Å². The molecule has 0 aromatic carbocycles. The molecular formula is C15H16N4O. The van der Waals surface area contributed by atoms with Gasteiger partial charge in [-0.15, -0.1) is 0 Å². The minimum absolute atomic E-state index is 0.665. The molecule has 0 spiro atoms. The molecule has 0 amide bonds. The minimum Gasteiger partial charge on any atom is -0.432 e. The Morgan fingerprint density at radius 3 is 2.75 bits per heavy atom. The van der Waals surface area contributed by atoms with Gasteiger partial charge in [-0.2, -0.15) is 0 Å². The fourth-order valence-electron chi connectivity index (χ4n) is 3.05. The molecule has 0 radical (unpaired) electrons. The van der Waals surface area contributed by atoms with E-state index in [9.17, 15) is 0 Å². The van der Waals surface area contributed by atoms with Crippen molar-refractivity contribution in [1.29, 1.82) is 0 Å². The number of aryl methyl sites for hydroxylation is 2. The lowest BCUT2D eigenvalue weighted by atomic mass is 10.1. The molecule has 0 saturated carbocycles. The third-order valence-electron chi connectivity index (χ3n) is 3.94. The van der Waals surface area contributed by atoms with E-state index >= 15 is 0 Å². The van der Waals surface area contributed by atoms with Gasteiger partial charge in [-0.1, -0.05) is 0 Å². The predicted octanol–water partition coefficient (Wildman–Crippen LogP) is 2.99. The number of fused-ring (bicyclic) bond motifs is 3. The van der Waals surface area contributed by atoms with Crippen LogP contribution < -0.4 is 4.90 Å². The standard InChI is InChI=1S/C15H16N4O/c1-9-7-10(2)18-15-11(9)12-13(20-15)14(17-8-16-12)19-5-3-4-6-19/h7-8H,3-6H2,1-2H3. The highest BCUT2D eigenvalue weighted by Crippen LogP contribution is 2.34. The molecule has 0 bridgehead atoms. The summed E-state index contributed by atoms with van der Waals surface area (Å²) in [5.41, 5.74) is 4.42. The fourth-order valence-corrected chi connectivity index (χ4v) is 3.05. The Kier molecular flexibility index (Phi) is 2.42. The van der Waals surface area contributed by atoms with Crippen LogP contribution in [-0.2, 0) is 0 Å². The average Bonchev–Trinajstić information content (AvgIpc) is 3.04. The summed E-state index contributed by atoms with van der Waals surface area (Å²) in [6.45, 7) is 6.12. The van der Waals surface area contributed by atoms with E-state index in [1.165, 1.54) is 12.8 Å². The first-order chi connectivity index (χ1) is 9.74. The Morgan fingerprint density at radius 2 is 1.95 bits per heavy atom. The zero-order valence-electron chi connectivity index (χ0n) is 11.7. The van der Waals surface area contributed by atoms with Crippen LogP contribution in [0.5, 0.6) is 0 Å². The number of nitrogens with zero attached hydrogens (tertiary/aromatic N) is 4. The van der Waals surface area contributed by atoms with E-state index in [0.717, 1.165) is 46.7 Å². The first-order valence-corrected chi connectivity index (χ1v) is 7.00. The van der Waals surface area contributed by atoms with Gasteiger partial charge in [-0.05, 0) is 38.3 Å². The smallest absolute Gasteiger partial charge is 0.229 e. The van der Waals surface area contributed by atoms with Crippen molar-refractivity contribution in [3.63, 3.8) is 0 Å². The van der Waals surface area contributed by atoms with E-state index in [1.807, 2.05) is 6.92 Å². The lowest BCUT2D eigenvalue weighted by molar-refractivity contribution is 0.647. The first kappa shape index (κ1) is 11.6. The number of pyridine rings is 1. The van der Waals surface area contributed by atoms with Gasteiger partial charge >= 0.3 is 0 Å². The van der Waals surface area contributed by atoms with Gasteiger partial charge < -0.3 is 9.32 Å². The van der Waals surface area contributed by atoms with Crippen LogP contribution in [0.3, 0.4) is 0 Å². The topological polar surface area (TPSA) is 55.1 Å². The second kappa shape index (κ2) is 4.16. The number of hydrogen-bond donors (Lipinski definition) is 0. The zero-order valence-corrected chi connectivity index (χ0v) is 11.7. The van der Waals surface area contributed by atoms with Crippen molar-refractivity contribution in [2.24, 2.45) is 0 Å². The van der Waals surface area contributed by atoms with Crippen LogP contribution in [0, 0.1) is 13.8 Å². The van der Waals surface area contributed by atoms with E-state index in [2.05, 4.69) is 32.8 Å². The summed E-state index contributed by atoms with van der Waals surface area (Å²) in [7, 11) is 0. The Labute approximate surface area is 116 Å². The maximum atomic E-state index is 5.98. The van der Waals surface area contributed by atoms with Gasteiger partial charge in [-0.25, -0.2) is 15.0 Å². The number of furan rings is 1. The molecule has 4 rings (SSSR count). The third-order valence-corrected chi connectivity index (χ3v) is 3.94. The second-order valence-electron chi connectivity index (χ2n) is 5.43. The van der Waals surface area contributed by atoms with Gasteiger partial charge in [-0.3, -0.25) is 0 Å². The fraction of sp³-hybridized carbons (Fsp3) is 0.400. The summed E-state index contributed by atoms with van der Waals surface area (Å²) in [4.78, 5) is 15.6. The number of aromatic nitrogens is 3. The molecule has 1 aliphatic heterocycles. The highest BCUT2D eigenvalue weighted by Gasteiger charge is 2.21. The first-order valence-electron chi connectivity index (χ1n) is 7.00. The summed E-state index contributed by atoms with van der Waals surface area (Å²) < 4.78 is 5.98. The van der Waals surface area contributed by atoms with E-state index in [0.29, 0.717) is 5.71 Å². The molecule has 20 heavy (non-hydrogen) atoms. The van der Waals surface area contributed by atoms with Crippen LogP contribution in [0.4, 0.5) is 5.82 Å². The molecule has 1 saturated heterocycles. The van der Waals surface area contributed by atoms with Crippen molar-refractivity contribution in [2.75, 3.05) is 18.0 Å². The highest BCUT2D eigenvalue weighted by molar-refractivity contribution is 6.06. The minimum atomic E-state index is 0.665. The van der Waals surface area contributed by atoms with Gasteiger partial charge in [0.2, 0.25) is 5.71 Å². The largest absolute Gasteiger partial charge is 0.432 e. The molecular weight excluding hydrogens is 252 g/mol. The van der Waals surface area contributed by atoms with Crippen LogP contribution in [-0.4, -0.2) is 28.0 Å². The molecule has 0 atom stereocenters. The van der Waals surface area contributed by atoms with Gasteiger partial charge in [0.15, 0.2) is 11.4 Å². The average molecular weight is 268 g/mol. The van der Waals surface area contributed by atoms with Crippen LogP contribution in [0.25, 0.3) is 22.2 Å². The van der Waals surface area contributed by atoms with Gasteiger partial charge in [0.05, 0.1) is 5.39 Å². The molecule has 102 valence electrons. The Morgan fingerprint density at radius 1 is 1.15 bits per heavy atom. The summed E-state index contributed by atoms with van der Waals surface area (Å²) in [6.07, 6.45) is 4.05. The molecule has 5 heteroatoms. The van der Waals surface area contributed by atoms with Gasteiger partial charge in [0.25, 0.3) is 0 Å². The quantitative estimate of drug-likeness (QED) is 0.679. The van der Waals surface area contributed by atoms with Crippen LogP contribution in [0.1, 0.15) is 24.1 Å². The van der Waals surface area contributed by atoms with Crippen molar-refractivity contribution < 1.29 is 4.42 Å². The molecule has 0 N–H and O–H groups in total. The summed E-state index contributed by atoms with van der Waals surface area (Å²) >= 11 is 0. The van der Waals surface area contributed by atoms with E-state index in [4.69, 9.17) is 4.42 Å². The summed E-state index contributed by atoms with van der Waals surface area (Å²) in [5, 5.41) is 1.01. The van der Waals surface area contributed by atoms with Crippen LogP contribution in [0.2, 0.25) is 0 Å². The molecule has 1 aliphatic rings. The maximum Gasteiger partial charge on any atom is 0.229 e. The lowest BCUT2D eigenvalue weighted by Gasteiger charge is -2.15. The van der Waals surface area contributed by atoms with E-state index in [1.54, 1.807) is 6.33 Å². The van der Waals surface area contributed by atoms with E-state index in [-0.39, 0.29) is 0 Å². The van der Waals surface area contributed by atoms with Gasteiger partial charge in [0, 0.05) is 18.8 Å². The SMILES string of the molecule is Cc1cc(C)c2c(n1)oc1c(N3CCCC3)ncnc12. The predicted molar refractivity (Wildman–Crippen MR) is 78.0 cm³/mol. The number of rotatable bonds is 1. The second-order valence-corrected chi connectivity index (χ2v) is 5.43. The zero-order chi connectivity index (χ0) is 13.7. The highest BCUT2D eigenvalue weighted by atomic mass is 16.3. The van der Waals surface area contributed by atoms with Crippen molar-refractivity contribution >= 4 is 28.0 Å². The van der Waals surface area contributed by atoms with Crippen LogP contribution in [0.15, 0.2) is 16.8 Å². The van der Waals surface area contributed by atoms with Crippen molar-refractivity contribution in [2.45, 2.75) is 26.7 Å². The summed E-state index contributed by atoms with van der Waals surface area (Å²) in [5.74, 6) is 0.905. The van der Waals surface area contributed by atoms with Crippen LogP contribution >= 0.6 is 0 Å². The number of hydrogen-bond acceptors (Lipinski definition) is 5. The lowest BCUT2D eigenvalue weighted by Crippen LogP contribution is -2.19. The van der Waals surface area contributed by atoms with E-state index < -0.39 is 0 Å². The Balaban J connectivity index is 2.06. The Bertz CT molecular complexity index is 802. The Hall–Kier alpha value is -2.17.